The van der Waals surface area contributed by atoms with Gasteiger partial charge in [0.05, 0.1) is 18.9 Å². The van der Waals surface area contributed by atoms with E-state index >= 15 is 0 Å². The molecule has 160 valence electrons. The summed E-state index contributed by atoms with van der Waals surface area (Å²) in [6, 6.07) is 5.20. The SMILES string of the molecule is CC(C)C[C@H](CO)Nc1cc(SCc2cccc(F)c2F)nc(NS(C)(=O)=O)n1. The lowest BCUT2D eigenvalue weighted by molar-refractivity contribution is 0.259. The Morgan fingerprint density at radius 3 is 2.59 bits per heavy atom. The Kier molecular flexibility index (Phi) is 8.17. The number of thioether (sulfide) groups is 1. The summed E-state index contributed by atoms with van der Waals surface area (Å²) >= 11 is 1.10. The summed E-state index contributed by atoms with van der Waals surface area (Å²) < 4.78 is 52.6. The van der Waals surface area contributed by atoms with Crippen LogP contribution in [0.1, 0.15) is 25.8 Å². The fraction of sp³-hybridized carbons (Fsp3) is 0.444. The van der Waals surface area contributed by atoms with Gasteiger partial charge >= 0.3 is 0 Å². The molecule has 0 aliphatic rings. The lowest BCUT2D eigenvalue weighted by atomic mass is 10.0. The fourth-order valence-electron chi connectivity index (χ4n) is 2.55. The van der Waals surface area contributed by atoms with Crippen LogP contribution in [-0.4, -0.2) is 42.4 Å². The second kappa shape index (κ2) is 10.2. The lowest BCUT2D eigenvalue weighted by Gasteiger charge is -2.19. The molecule has 1 atom stereocenters. The van der Waals surface area contributed by atoms with E-state index < -0.39 is 21.7 Å². The van der Waals surface area contributed by atoms with Gasteiger partial charge in [-0.25, -0.2) is 22.2 Å². The molecule has 0 unspecified atom stereocenters. The molecule has 0 saturated carbocycles. The van der Waals surface area contributed by atoms with Crippen LogP contribution in [0.25, 0.3) is 0 Å². The topological polar surface area (TPSA) is 104 Å². The van der Waals surface area contributed by atoms with Crippen molar-refractivity contribution < 1.29 is 22.3 Å². The molecule has 2 rings (SSSR count). The Morgan fingerprint density at radius 2 is 1.97 bits per heavy atom. The summed E-state index contributed by atoms with van der Waals surface area (Å²) in [5.74, 6) is -1.30. The molecule has 0 spiro atoms. The third-order valence-electron chi connectivity index (χ3n) is 3.71. The van der Waals surface area contributed by atoms with Gasteiger partial charge < -0.3 is 10.4 Å². The van der Waals surface area contributed by atoms with Crippen LogP contribution < -0.4 is 10.0 Å². The Morgan fingerprint density at radius 1 is 1.24 bits per heavy atom. The number of nitrogens with one attached hydrogen (secondary N) is 2. The molecule has 1 aromatic carbocycles. The number of halogens is 2. The highest BCUT2D eigenvalue weighted by molar-refractivity contribution is 7.98. The maximum absolute atomic E-state index is 13.9. The van der Waals surface area contributed by atoms with Crippen LogP contribution in [0.15, 0.2) is 29.3 Å². The van der Waals surface area contributed by atoms with Crippen molar-refractivity contribution in [2.45, 2.75) is 37.1 Å². The number of hydrogen-bond donors (Lipinski definition) is 3. The van der Waals surface area contributed by atoms with E-state index in [9.17, 15) is 22.3 Å². The van der Waals surface area contributed by atoms with Crippen molar-refractivity contribution in [3.8, 4) is 0 Å². The van der Waals surface area contributed by atoms with Crippen LogP contribution in [0.3, 0.4) is 0 Å². The number of aliphatic hydroxyl groups is 1. The predicted octanol–water partition coefficient (Wildman–Crippen LogP) is 3.24. The van der Waals surface area contributed by atoms with Crippen LogP contribution >= 0.6 is 11.8 Å². The summed E-state index contributed by atoms with van der Waals surface area (Å²) in [6.45, 7) is 3.89. The van der Waals surface area contributed by atoms with Crippen molar-refractivity contribution in [3.05, 3.63) is 41.5 Å². The number of rotatable bonds is 10. The van der Waals surface area contributed by atoms with E-state index in [4.69, 9.17) is 0 Å². The standard InChI is InChI=1S/C18H24F2N4O3S2/c1-11(2)7-13(9-25)21-15-8-16(23-18(22-15)24-29(3,26)27)28-10-12-5-4-6-14(19)17(12)20/h4-6,8,11,13,25H,7,9-10H2,1-3H3,(H2,21,22,23,24)/t13-/m1/s1. The molecule has 3 N–H and O–H groups in total. The molecular formula is C18H24F2N4O3S2. The van der Waals surface area contributed by atoms with Crippen molar-refractivity contribution >= 4 is 33.6 Å². The van der Waals surface area contributed by atoms with Crippen LogP contribution in [0, 0.1) is 17.6 Å². The van der Waals surface area contributed by atoms with Crippen LogP contribution in [-0.2, 0) is 15.8 Å². The number of sulfonamides is 1. The first kappa shape index (κ1) is 23.3. The second-order valence-corrected chi connectivity index (χ2v) is 9.69. The Hall–Kier alpha value is -1.98. The second-order valence-electron chi connectivity index (χ2n) is 6.94. The van der Waals surface area contributed by atoms with Gasteiger partial charge in [-0.15, -0.1) is 11.8 Å². The summed E-state index contributed by atoms with van der Waals surface area (Å²) in [7, 11) is -3.61. The smallest absolute Gasteiger partial charge is 0.239 e. The highest BCUT2D eigenvalue weighted by Crippen LogP contribution is 2.26. The number of hydrogen-bond acceptors (Lipinski definition) is 7. The lowest BCUT2D eigenvalue weighted by Crippen LogP contribution is -2.26. The van der Waals surface area contributed by atoms with Crippen molar-refractivity contribution in [3.63, 3.8) is 0 Å². The van der Waals surface area contributed by atoms with E-state index in [1.54, 1.807) is 6.07 Å². The molecular weight excluding hydrogens is 422 g/mol. The van der Waals surface area contributed by atoms with E-state index in [-0.39, 0.29) is 29.9 Å². The van der Waals surface area contributed by atoms with Crippen LogP contribution in [0.4, 0.5) is 20.5 Å². The molecule has 0 aliphatic carbocycles. The zero-order chi connectivity index (χ0) is 21.6. The number of aromatic nitrogens is 2. The van der Waals surface area contributed by atoms with Crippen molar-refractivity contribution in [1.82, 2.24) is 9.97 Å². The average Bonchev–Trinajstić information content (AvgIpc) is 2.60. The first-order valence-electron chi connectivity index (χ1n) is 8.87. The van der Waals surface area contributed by atoms with E-state index in [1.807, 2.05) is 13.8 Å². The molecule has 1 heterocycles. The molecule has 0 bridgehead atoms. The maximum atomic E-state index is 13.9. The molecule has 0 aliphatic heterocycles. The van der Waals surface area contributed by atoms with Gasteiger partial charge in [0.2, 0.25) is 16.0 Å². The monoisotopic (exact) mass is 446 g/mol. The largest absolute Gasteiger partial charge is 0.394 e. The molecule has 1 aromatic heterocycles. The normalized spacial score (nSPS) is 12.8. The van der Waals surface area contributed by atoms with Crippen molar-refractivity contribution in [2.75, 3.05) is 22.9 Å². The quantitative estimate of drug-likeness (QED) is 0.380. The Bertz CT molecular complexity index is 943. The fourth-order valence-corrected chi connectivity index (χ4v) is 3.85. The van der Waals surface area contributed by atoms with Gasteiger partial charge in [-0.3, -0.25) is 4.72 Å². The Labute approximate surface area is 173 Å². The van der Waals surface area contributed by atoms with E-state index in [2.05, 4.69) is 20.0 Å². The maximum Gasteiger partial charge on any atom is 0.239 e. The zero-order valence-corrected chi connectivity index (χ0v) is 17.9. The molecule has 0 saturated heterocycles. The molecule has 7 nitrogen and oxygen atoms in total. The first-order chi connectivity index (χ1) is 13.6. The van der Waals surface area contributed by atoms with Gasteiger partial charge in [-0.1, -0.05) is 26.0 Å². The summed E-state index contributed by atoms with van der Waals surface area (Å²) in [6.07, 6.45) is 1.65. The average molecular weight is 447 g/mol. The van der Waals surface area contributed by atoms with Crippen molar-refractivity contribution in [1.29, 1.82) is 0 Å². The molecule has 0 fully saturated rings. The molecule has 0 radical (unpaired) electrons. The highest BCUT2D eigenvalue weighted by atomic mass is 32.2. The van der Waals surface area contributed by atoms with Gasteiger partial charge in [-0.05, 0) is 18.4 Å². The summed E-state index contributed by atoms with van der Waals surface area (Å²) in [5, 5.41) is 13.0. The van der Waals surface area contributed by atoms with Gasteiger partial charge in [0, 0.05) is 17.4 Å². The number of anilines is 2. The minimum atomic E-state index is -3.61. The van der Waals surface area contributed by atoms with Crippen LogP contribution in [0.2, 0.25) is 0 Å². The number of aliphatic hydroxyl groups excluding tert-OH is 1. The molecule has 2 aromatic rings. The minimum Gasteiger partial charge on any atom is -0.394 e. The summed E-state index contributed by atoms with van der Waals surface area (Å²) in [5.41, 5.74) is 0.161. The van der Waals surface area contributed by atoms with Gasteiger partial charge in [0.1, 0.15) is 10.8 Å². The van der Waals surface area contributed by atoms with E-state index in [0.29, 0.717) is 23.2 Å². The third kappa shape index (κ3) is 7.75. The molecule has 0 amide bonds. The zero-order valence-electron chi connectivity index (χ0n) is 16.3. The third-order valence-corrected chi connectivity index (χ3v) is 5.23. The Balaban J connectivity index is 2.27. The highest BCUT2D eigenvalue weighted by Gasteiger charge is 2.15. The molecule has 29 heavy (non-hydrogen) atoms. The van der Waals surface area contributed by atoms with Crippen LogP contribution in [0.5, 0.6) is 0 Å². The van der Waals surface area contributed by atoms with E-state index in [0.717, 1.165) is 24.1 Å². The van der Waals surface area contributed by atoms with Gasteiger partial charge in [0.15, 0.2) is 11.6 Å². The number of nitrogens with zero attached hydrogens (tertiary/aromatic N) is 2. The number of benzene rings is 1. The minimum absolute atomic E-state index is 0.0911. The van der Waals surface area contributed by atoms with Gasteiger partial charge in [0.25, 0.3) is 0 Å². The predicted molar refractivity (Wildman–Crippen MR) is 110 cm³/mol. The molecule has 11 heteroatoms. The summed E-state index contributed by atoms with van der Waals surface area (Å²) in [4.78, 5) is 8.25. The van der Waals surface area contributed by atoms with Gasteiger partial charge in [-0.2, -0.15) is 4.98 Å². The first-order valence-corrected chi connectivity index (χ1v) is 11.7. The van der Waals surface area contributed by atoms with Crippen molar-refractivity contribution in [2.24, 2.45) is 5.92 Å². The van der Waals surface area contributed by atoms with E-state index in [1.165, 1.54) is 12.1 Å².